The quantitative estimate of drug-likeness (QED) is 0.514. The van der Waals surface area contributed by atoms with Gasteiger partial charge in [0.1, 0.15) is 0 Å². The summed E-state index contributed by atoms with van der Waals surface area (Å²) < 4.78 is 0. The van der Waals surface area contributed by atoms with Crippen LogP contribution in [0.5, 0.6) is 0 Å². The number of hydrogen-bond acceptors (Lipinski definition) is 0. The molecular weight excluding hydrogens is 383 g/mol. The van der Waals surface area contributed by atoms with Crippen LogP contribution in [-0.4, -0.2) is 0 Å². The third-order valence-corrected chi connectivity index (χ3v) is 3.71. The van der Waals surface area contributed by atoms with Gasteiger partial charge in [-0.2, -0.15) is 24.3 Å². The summed E-state index contributed by atoms with van der Waals surface area (Å²) in [5.41, 5.74) is 5.71. The van der Waals surface area contributed by atoms with Crippen LogP contribution in [-0.2, 0) is 25.8 Å². The molecule has 2 aromatic carbocycles. The molecular formula is C17H17Hf-. The third-order valence-electron chi connectivity index (χ3n) is 3.71. The minimum Gasteiger partial charge on any atom is -0.179 e. The molecule has 0 N–H and O–H groups in total. The minimum atomic E-state index is 0. The second-order valence-corrected chi connectivity index (χ2v) is 4.78. The van der Waals surface area contributed by atoms with Crippen LogP contribution in [0, 0.1) is 6.07 Å². The van der Waals surface area contributed by atoms with Crippen molar-refractivity contribution in [2.75, 3.05) is 0 Å². The predicted octanol–water partition coefficient (Wildman–Crippen LogP) is 4.79. The van der Waals surface area contributed by atoms with E-state index in [2.05, 4.69) is 49.4 Å². The van der Waals surface area contributed by atoms with Gasteiger partial charge in [-0.05, 0) is 17.9 Å². The van der Waals surface area contributed by atoms with Gasteiger partial charge >= 0.3 is 0 Å². The van der Waals surface area contributed by atoms with Crippen molar-refractivity contribution < 1.29 is 25.8 Å². The van der Waals surface area contributed by atoms with Crippen molar-refractivity contribution in [1.82, 2.24) is 0 Å². The smallest absolute Gasteiger partial charge is 0 e. The first-order valence-corrected chi connectivity index (χ1v) is 6.51. The molecule has 0 nitrogen and oxygen atoms in total. The summed E-state index contributed by atoms with van der Waals surface area (Å²) >= 11 is 0. The molecule has 0 heterocycles. The van der Waals surface area contributed by atoms with E-state index in [0.717, 1.165) is 0 Å². The number of hydrogen-bond donors (Lipinski definition) is 0. The molecule has 0 saturated heterocycles. The van der Waals surface area contributed by atoms with Crippen LogP contribution in [0.4, 0.5) is 0 Å². The Balaban J connectivity index is 0.00000120. The van der Waals surface area contributed by atoms with E-state index in [0.29, 0.717) is 5.92 Å². The largest absolute Gasteiger partial charge is 0.179 e. The first-order chi connectivity index (χ1) is 8.42. The molecule has 1 atom stereocenters. The zero-order valence-electron chi connectivity index (χ0n) is 10.7. The maximum absolute atomic E-state index is 3.45. The number of rotatable bonds is 3. The van der Waals surface area contributed by atoms with Crippen molar-refractivity contribution in [3.8, 4) is 11.1 Å². The Morgan fingerprint density at radius 2 is 1.83 bits per heavy atom. The molecule has 1 aliphatic carbocycles. The summed E-state index contributed by atoms with van der Waals surface area (Å²) in [5, 5.41) is 0. The Morgan fingerprint density at radius 1 is 1.06 bits per heavy atom. The molecule has 1 aliphatic rings. The first-order valence-electron chi connectivity index (χ1n) is 6.51. The molecule has 0 bridgehead atoms. The summed E-state index contributed by atoms with van der Waals surface area (Å²) in [6.07, 6.45) is 3.81. The third kappa shape index (κ3) is 2.25. The van der Waals surface area contributed by atoms with Crippen molar-refractivity contribution in [3.05, 3.63) is 59.7 Å². The second-order valence-electron chi connectivity index (χ2n) is 4.78. The Kier molecular flexibility index (Phi) is 4.55. The molecule has 0 spiro atoms. The molecule has 1 heteroatoms. The van der Waals surface area contributed by atoms with Crippen LogP contribution in [0.1, 0.15) is 43.2 Å². The molecule has 2 aromatic rings. The molecule has 3 rings (SSSR count). The van der Waals surface area contributed by atoms with Crippen LogP contribution >= 0.6 is 0 Å². The van der Waals surface area contributed by atoms with Crippen LogP contribution in [0.25, 0.3) is 11.1 Å². The summed E-state index contributed by atoms with van der Waals surface area (Å²) in [7, 11) is 0. The van der Waals surface area contributed by atoms with Gasteiger partial charge in [0.25, 0.3) is 0 Å². The van der Waals surface area contributed by atoms with Crippen molar-refractivity contribution in [3.63, 3.8) is 0 Å². The Bertz CT molecular complexity index is 485. The number of fused-ring (bicyclic) bond motifs is 3. The van der Waals surface area contributed by atoms with E-state index in [1.165, 1.54) is 41.5 Å². The van der Waals surface area contributed by atoms with Crippen molar-refractivity contribution in [2.24, 2.45) is 0 Å². The normalized spacial score (nSPS) is 15.7. The van der Waals surface area contributed by atoms with Crippen LogP contribution in [0.2, 0.25) is 0 Å². The van der Waals surface area contributed by atoms with E-state index in [4.69, 9.17) is 0 Å². The Labute approximate surface area is 128 Å². The van der Waals surface area contributed by atoms with E-state index >= 15 is 0 Å². The van der Waals surface area contributed by atoms with Crippen LogP contribution < -0.4 is 0 Å². The average Bonchev–Trinajstić information content (AvgIpc) is 2.71. The fourth-order valence-corrected chi connectivity index (χ4v) is 2.88. The van der Waals surface area contributed by atoms with Gasteiger partial charge < -0.3 is 0 Å². The summed E-state index contributed by atoms with van der Waals surface area (Å²) in [4.78, 5) is 0. The van der Waals surface area contributed by atoms with Gasteiger partial charge in [-0.15, -0.1) is 11.1 Å². The predicted molar refractivity (Wildman–Crippen MR) is 72.1 cm³/mol. The van der Waals surface area contributed by atoms with Gasteiger partial charge in [0, 0.05) is 25.8 Å². The number of unbranched alkanes of at least 4 members (excludes halogenated alkanes) is 1. The molecule has 1 unspecified atom stereocenters. The second kappa shape index (κ2) is 5.97. The van der Waals surface area contributed by atoms with E-state index in [1.807, 2.05) is 6.07 Å². The van der Waals surface area contributed by atoms with E-state index in [1.54, 1.807) is 0 Å². The summed E-state index contributed by atoms with van der Waals surface area (Å²) in [6.45, 7) is 2.26. The Morgan fingerprint density at radius 3 is 2.67 bits per heavy atom. The molecule has 0 aliphatic heterocycles. The number of benzene rings is 2. The Hall–Kier alpha value is -0.690. The standard InChI is InChI=1S/C17H17.Hf/c1-2-3-8-13-14-9-4-6-11-16(14)17-12-7-5-10-15(13)17;/h4-7,9,11-13H,2-3,8H2,1H3;/q-1;. The minimum absolute atomic E-state index is 0. The van der Waals surface area contributed by atoms with Gasteiger partial charge in [-0.1, -0.05) is 49.6 Å². The molecule has 90 valence electrons. The van der Waals surface area contributed by atoms with Crippen LogP contribution in [0.15, 0.2) is 42.5 Å². The van der Waals surface area contributed by atoms with Gasteiger partial charge in [0.05, 0.1) is 0 Å². The van der Waals surface area contributed by atoms with E-state index in [-0.39, 0.29) is 25.8 Å². The topological polar surface area (TPSA) is 0 Å². The fraction of sp³-hybridized carbons (Fsp3) is 0.294. The first kappa shape index (κ1) is 13.7. The van der Waals surface area contributed by atoms with Crippen molar-refractivity contribution in [1.29, 1.82) is 0 Å². The fourth-order valence-electron chi connectivity index (χ4n) is 2.88. The molecule has 0 amide bonds. The van der Waals surface area contributed by atoms with Gasteiger partial charge in [-0.3, -0.25) is 0 Å². The average molecular weight is 400 g/mol. The van der Waals surface area contributed by atoms with Crippen molar-refractivity contribution in [2.45, 2.75) is 32.1 Å². The molecule has 0 fully saturated rings. The SMILES string of the molecule is CCCCC1c2[c-]cccc2-c2ccccc21.[Hf]. The zero-order chi connectivity index (χ0) is 11.7. The maximum Gasteiger partial charge on any atom is 0 e. The van der Waals surface area contributed by atoms with Crippen LogP contribution in [0.3, 0.4) is 0 Å². The van der Waals surface area contributed by atoms with E-state index in [9.17, 15) is 0 Å². The molecule has 0 aromatic heterocycles. The van der Waals surface area contributed by atoms with Gasteiger partial charge in [-0.25, -0.2) is 0 Å². The van der Waals surface area contributed by atoms with Gasteiger partial charge in [0.15, 0.2) is 0 Å². The summed E-state index contributed by atoms with van der Waals surface area (Å²) in [5.74, 6) is 0.572. The van der Waals surface area contributed by atoms with Gasteiger partial charge in [0.2, 0.25) is 0 Å². The molecule has 0 radical (unpaired) electrons. The molecule has 18 heavy (non-hydrogen) atoms. The molecule has 0 saturated carbocycles. The summed E-state index contributed by atoms with van der Waals surface area (Å²) in [6, 6.07) is 18.6. The zero-order valence-corrected chi connectivity index (χ0v) is 14.3. The maximum atomic E-state index is 3.45. The monoisotopic (exact) mass is 401 g/mol. The van der Waals surface area contributed by atoms with Crippen molar-refractivity contribution >= 4 is 0 Å². The van der Waals surface area contributed by atoms with E-state index < -0.39 is 0 Å².